The Balaban J connectivity index is 1.67. The number of para-hydroxylation sites is 2. The number of hydrogen-bond acceptors (Lipinski definition) is 4. The van der Waals surface area contributed by atoms with E-state index in [4.69, 9.17) is 5.26 Å². The molecule has 0 aliphatic rings. The Hall–Kier alpha value is -2.85. The van der Waals surface area contributed by atoms with Gasteiger partial charge in [0.25, 0.3) is 0 Å². The molecule has 4 rings (SSSR count). The summed E-state index contributed by atoms with van der Waals surface area (Å²) in [7, 11) is 0. The van der Waals surface area contributed by atoms with Crippen LogP contribution in [0, 0.1) is 17.1 Å². The number of aromatic nitrogens is 4. The molecular formula is C16H10FN5S. The molecule has 0 unspecified atom stereocenters. The maximum atomic E-state index is 14.0. The topological polar surface area (TPSA) is 69.8 Å². The lowest BCUT2D eigenvalue weighted by molar-refractivity contribution is 0.617. The minimum absolute atomic E-state index is 0.319. The van der Waals surface area contributed by atoms with Crippen LogP contribution >= 0.6 is 11.8 Å². The Bertz CT molecular complexity index is 1060. The zero-order valence-corrected chi connectivity index (χ0v) is 12.6. The van der Waals surface area contributed by atoms with Gasteiger partial charge in [0.15, 0.2) is 5.16 Å². The van der Waals surface area contributed by atoms with Crippen molar-refractivity contribution in [3.8, 4) is 6.07 Å². The minimum atomic E-state index is -0.376. The van der Waals surface area contributed by atoms with Gasteiger partial charge >= 0.3 is 0 Å². The van der Waals surface area contributed by atoms with E-state index in [-0.39, 0.29) is 5.82 Å². The smallest absolute Gasteiger partial charge is 0.231 e. The van der Waals surface area contributed by atoms with Crippen LogP contribution in [0.3, 0.4) is 0 Å². The number of hydrogen-bond donors (Lipinski definition) is 1. The van der Waals surface area contributed by atoms with Crippen molar-refractivity contribution in [2.24, 2.45) is 0 Å². The summed E-state index contributed by atoms with van der Waals surface area (Å²) in [6, 6.07) is 14.2. The molecule has 4 aromatic rings. The van der Waals surface area contributed by atoms with Crippen molar-refractivity contribution < 1.29 is 4.39 Å². The zero-order valence-electron chi connectivity index (χ0n) is 11.8. The number of aromatic amines is 1. The summed E-state index contributed by atoms with van der Waals surface area (Å²) in [6.07, 6.45) is 0. The van der Waals surface area contributed by atoms with Crippen LogP contribution in [0.1, 0.15) is 11.1 Å². The fourth-order valence-corrected chi connectivity index (χ4v) is 3.36. The molecule has 112 valence electrons. The molecule has 0 fully saturated rings. The van der Waals surface area contributed by atoms with Gasteiger partial charge in [-0.05, 0) is 29.8 Å². The quantitative estimate of drug-likeness (QED) is 0.586. The van der Waals surface area contributed by atoms with E-state index in [1.165, 1.54) is 17.8 Å². The van der Waals surface area contributed by atoms with Gasteiger partial charge in [-0.3, -0.25) is 4.40 Å². The number of nitriles is 1. The summed E-state index contributed by atoms with van der Waals surface area (Å²) in [5.41, 5.74) is 2.69. The van der Waals surface area contributed by atoms with Crippen LogP contribution in [0.5, 0.6) is 0 Å². The fourth-order valence-electron chi connectivity index (χ4n) is 2.42. The van der Waals surface area contributed by atoms with E-state index in [1.807, 2.05) is 34.7 Å². The van der Waals surface area contributed by atoms with Crippen molar-refractivity contribution in [3.63, 3.8) is 0 Å². The molecular weight excluding hydrogens is 313 g/mol. The first kappa shape index (κ1) is 13.8. The predicted octanol–water partition coefficient (Wildman–Crippen LogP) is 3.51. The third kappa shape index (κ3) is 2.33. The van der Waals surface area contributed by atoms with Gasteiger partial charge in [-0.25, -0.2) is 14.5 Å². The minimum Gasteiger partial charge on any atom is -0.254 e. The molecule has 2 aromatic carbocycles. The number of nitrogens with one attached hydrogen (secondary N) is 1. The Kier molecular flexibility index (Phi) is 3.24. The van der Waals surface area contributed by atoms with Gasteiger partial charge in [-0.2, -0.15) is 5.26 Å². The summed E-state index contributed by atoms with van der Waals surface area (Å²) in [4.78, 5) is 4.45. The van der Waals surface area contributed by atoms with Gasteiger partial charge in [0.1, 0.15) is 5.82 Å². The Morgan fingerprint density at radius 1 is 1.26 bits per heavy atom. The second-order valence-corrected chi connectivity index (χ2v) is 5.91. The van der Waals surface area contributed by atoms with Gasteiger partial charge < -0.3 is 0 Å². The molecule has 0 bridgehead atoms. The Labute approximate surface area is 134 Å². The first-order valence-corrected chi connectivity index (χ1v) is 7.88. The molecule has 0 atom stereocenters. The highest BCUT2D eigenvalue weighted by Crippen LogP contribution is 2.26. The zero-order chi connectivity index (χ0) is 15.8. The van der Waals surface area contributed by atoms with Crippen molar-refractivity contribution in [2.45, 2.75) is 10.9 Å². The number of imidazole rings is 1. The van der Waals surface area contributed by atoms with Gasteiger partial charge in [0.2, 0.25) is 5.78 Å². The first-order valence-electron chi connectivity index (χ1n) is 6.89. The van der Waals surface area contributed by atoms with Crippen molar-refractivity contribution >= 4 is 28.6 Å². The predicted molar refractivity (Wildman–Crippen MR) is 85.5 cm³/mol. The van der Waals surface area contributed by atoms with Crippen LogP contribution in [0.2, 0.25) is 0 Å². The molecule has 0 saturated heterocycles. The Morgan fingerprint density at radius 3 is 2.96 bits per heavy atom. The molecule has 0 spiro atoms. The summed E-state index contributed by atoms with van der Waals surface area (Å²) in [5.74, 6) is 0.706. The normalized spacial score (nSPS) is 11.1. The number of benzene rings is 2. The lowest BCUT2D eigenvalue weighted by Crippen LogP contribution is -1.91. The standard InChI is InChI=1S/C16H10FN5S/c17-12-7-10(8-18)5-6-11(12)9-23-16-21-20-15-19-13-3-1-2-4-14(13)22(15)16/h1-7H,9H2,(H,19,20). The summed E-state index contributed by atoms with van der Waals surface area (Å²) < 4.78 is 15.9. The molecule has 0 amide bonds. The maximum absolute atomic E-state index is 14.0. The summed E-state index contributed by atoms with van der Waals surface area (Å²) >= 11 is 1.41. The van der Waals surface area contributed by atoms with E-state index >= 15 is 0 Å². The highest BCUT2D eigenvalue weighted by molar-refractivity contribution is 7.98. The molecule has 5 nitrogen and oxygen atoms in total. The van der Waals surface area contributed by atoms with Crippen LogP contribution in [0.15, 0.2) is 47.6 Å². The number of nitrogens with zero attached hydrogens (tertiary/aromatic N) is 4. The number of halogens is 1. The van der Waals surface area contributed by atoms with Crippen LogP contribution in [-0.4, -0.2) is 19.6 Å². The first-order chi connectivity index (χ1) is 11.3. The molecule has 0 saturated carbocycles. The highest BCUT2D eigenvalue weighted by atomic mass is 32.2. The summed E-state index contributed by atoms with van der Waals surface area (Å²) in [6.45, 7) is 0. The van der Waals surface area contributed by atoms with Gasteiger partial charge in [-0.1, -0.05) is 30.0 Å². The Morgan fingerprint density at radius 2 is 2.13 bits per heavy atom. The number of thioether (sulfide) groups is 1. The van der Waals surface area contributed by atoms with E-state index in [2.05, 4.69) is 15.2 Å². The second-order valence-electron chi connectivity index (χ2n) is 4.97. The number of fused-ring (bicyclic) bond motifs is 3. The van der Waals surface area contributed by atoms with Crippen LogP contribution < -0.4 is 0 Å². The van der Waals surface area contributed by atoms with Crippen LogP contribution in [0.4, 0.5) is 4.39 Å². The second kappa shape index (κ2) is 5.41. The number of rotatable bonds is 3. The van der Waals surface area contributed by atoms with Crippen molar-refractivity contribution in [3.05, 3.63) is 59.4 Å². The number of H-pyrrole nitrogens is 1. The van der Waals surface area contributed by atoms with Crippen LogP contribution in [-0.2, 0) is 5.75 Å². The van der Waals surface area contributed by atoms with E-state index in [0.29, 0.717) is 22.7 Å². The summed E-state index contributed by atoms with van der Waals surface area (Å²) in [5, 5.41) is 16.6. The van der Waals surface area contributed by atoms with Gasteiger partial charge in [0.05, 0.1) is 22.7 Å². The van der Waals surface area contributed by atoms with Gasteiger partial charge in [0, 0.05) is 5.75 Å². The van der Waals surface area contributed by atoms with Crippen molar-refractivity contribution in [2.75, 3.05) is 0 Å². The van der Waals surface area contributed by atoms with Crippen molar-refractivity contribution in [1.29, 1.82) is 5.26 Å². The lowest BCUT2D eigenvalue weighted by Gasteiger charge is -2.02. The molecule has 7 heteroatoms. The average Bonchev–Trinajstić information content (AvgIpc) is 3.13. The molecule has 0 aliphatic heterocycles. The molecule has 23 heavy (non-hydrogen) atoms. The SMILES string of the molecule is N#Cc1ccc(CSc2n[nH]c3nc4ccccc4n23)c(F)c1. The third-order valence-electron chi connectivity index (χ3n) is 3.54. The van der Waals surface area contributed by atoms with E-state index in [1.54, 1.807) is 12.1 Å². The maximum Gasteiger partial charge on any atom is 0.231 e. The van der Waals surface area contributed by atoms with E-state index < -0.39 is 0 Å². The molecule has 0 radical (unpaired) electrons. The van der Waals surface area contributed by atoms with Crippen LogP contribution in [0.25, 0.3) is 16.8 Å². The largest absolute Gasteiger partial charge is 0.254 e. The van der Waals surface area contributed by atoms with Gasteiger partial charge in [-0.15, -0.1) is 5.10 Å². The fraction of sp³-hybridized carbons (Fsp3) is 0.0625. The average molecular weight is 323 g/mol. The third-order valence-corrected chi connectivity index (χ3v) is 4.53. The van der Waals surface area contributed by atoms with E-state index in [0.717, 1.165) is 16.2 Å². The van der Waals surface area contributed by atoms with E-state index in [9.17, 15) is 4.39 Å². The highest BCUT2D eigenvalue weighted by Gasteiger charge is 2.13. The van der Waals surface area contributed by atoms with Crippen molar-refractivity contribution in [1.82, 2.24) is 19.6 Å². The lowest BCUT2D eigenvalue weighted by atomic mass is 10.1. The molecule has 1 N–H and O–H groups in total. The molecule has 2 heterocycles. The monoisotopic (exact) mass is 323 g/mol. The molecule has 0 aliphatic carbocycles. The molecule has 2 aromatic heterocycles.